The minimum Gasteiger partial charge on any atom is -0.494 e. The van der Waals surface area contributed by atoms with Gasteiger partial charge in [-0.25, -0.2) is 9.78 Å². The largest absolute Gasteiger partial charge is 0.494 e. The van der Waals surface area contributed by atoms with E-state index in [4.69, 9.17) is 19.6 Å². The number of carbonyl (C=O) groups is 1. The van der Waals surface area contributed by atoms with E-state index < -0.39 is 11.6 Å². The molecule has 0 saturated heterocycles. The highest BCUT2D eigenvalue weighted by molar-refractivity contribution is 5.77. The second-order valence-electron chi connectivity index (χ2n) is 8.45. The molecule has 178 valence electrons. The van der Waals surface area contributed by atoms with Crippen molar-refractivity contribution in [2.45, 2.75) is 65.5 Å². The fraction of sp³-hybridized carbons (Fsp3) is 0.500. The van der Waals surface area contributed by atoms with E-state index in [9.17, 15) is 9.59 Å². The molecule has 2 aromatic heterocycles. The fourth-order valence-electron chi connectivity index (χ4n) is 3.62. The lowest BCUT2D eigenvalue weighted by Gasteiger charge is -2.21. The molecule has 0 fully saturated rings. The lowest BCUT2D eigenvalue weighted by Crippen LogP contribution is -2.37. The van der Waals surface area contributed by atoms with Crippen molar-refractivity contribution in [3.05, 3.63) is 46.1 Å². The van der Waals surface area contributed by atoms with Gasteiger partial charge in [-0.15, -0.1) is 0 Å². The van der Waals surface area contributed by atoms with Crippen LogP contribution in [0.3, 0.4) is 0 Å². The van der Waals surface area contributed by atoms with Crippen LogP contribution in [0, 0.1) is 0 Å². The summed E-state index contributed by atoms with van der Waals surface area (Å²) in [5.41, 5.74) is 0.735. The Kier molecular flexibility index (Phi) is 7.40. The molecule has 33 heavy (non-hydrogen) atoms. The summed E-state index contributed by atoms with van der Waals surface area (Å²) in [5.74, 6) is 0.806. The molecule has 2 heterocycles. The molecular weight excluding hydrogens is 424 g/mol. The maximum Gasteiger partial charge on any atom is 0.347 e. The number of aromatic nitrogens is 4. The summed E-state index contributed by atoms with van der Waals surface area (Å²) < 4.78 is 14.6. The van der Waals surface area contributed by atoms with Gasteiger partial charge in [0.2, 0.25) is 0 Å². The minimum atomic E-state index is -1.31. The summed E-state index contributed by atoms with van der Waals surface area (Å²) in [6, 6.07) is 6.81. The number of aryl methyl sites for hydroxylation is 3. The van der Waals surface area contributed by atoms with E-state index in [1.807, 2.05) is 6.92 Å². The zero-order valence-corrected chi connectivity index (χ0v) is 19.9. The van der Waals surface area contributed by atoms with Gasteiger partial charge in [-0.1, -0.05) is 20.3 Å². The number of benzene rings is 1. The average Bonchev–Trinajstić information content (AvgIpc) is 3.08. The van der Waals surface area contributed by atoms with Crippen LogP contribution in [0.25, 0.3) is 11.0 Å². The van der Waals surface area contributed by atoms with Gasteiger partial charge in [0.05, 0.1) is 12.3 Å². The Hall–Kier alpha value is -3.36. The van der Waals surface area contributed by atoms with Crippen LogP contribution in [0.15, 0.2) is 29.1 Å². The first-order chi connectivity index (χ1) is 15.7. The second-order valence-corrected chi connectivity index (χ2v) is 8.45. The molecule has 0 saturated carbocycles. The minimum absolute atomic E-state index is 0.0725. The van der Waals surface area contributed by atoms with Crippen LogP contribution in [0.1, 0.15) is 52.1 Å². The second kappa shape index (κ2) is 10.1. The number of hydrogen-bond acceptors (Lipinski definition) is 6. The van der Waals surface area contributed by atoms with Crippen molar-refractivity contribution in [2.75, 3.05) is 6.61 Å². The molecule has 0 spiro atoms. The highest BCUT2D eigenvalue weighted by Crippen LogP contribution is 2.22. The van der Waals surface area contributed by atoms with Gasteiger partial charge >= 0.3 is 5.97 Å². The summed E-state index contributed by atoms with van der Waals surface area (Å²) in [7, 11) is 1.79. The van der Waals surface area contributed by atoms with Crippen molar-refractivity contribution in [1.29, 1.82) is 0 Å². The lowest BCUT2D eigenvalue weighted by atomic mass is 10.1. The Morgan fingerprint density at radius 3 is 2.42 bits per heavy atom. The molecule has 1 aromatic carbocycles. The van der Waals surface area contributed by atoms with E-state index in [0.717, 1.165) is 24.4 Å². The number of rotatable bonds is 11. The van der Waals surface area contributed by atoms with Crippen LogP contribution < -0.4 is 15.0 Å². The monoisotopic (exact) mass is 456 g/mol. The summed E-state index contributed by atoms with van der Waals surface area (Å²) in [4.78, 5) is 29.1. The van der Waals surface area contributed by atoms with Crippen LogP contribution >= 0.6 is 0 Å². The van der Waals surface area contributed by atoms with E-state index in [0.29, 0.717) is 48.5 Å². The standard InChI is InChI=1S/C24H32N4O5/c1-6-9-18-20-21(27(5)26-18)22(29)28(19(7-2)25-20)14-8-15-32-16-10-12-17(13-11-16)33-24(3,4)23(30)31/h10-13H,6-9,14-15H2,1-5H3,(H,30,31). The van der Waals surface area contributed by atoms with Gasteiger partial charge in [0.15, 0.2) is 11.1 Å². The van der Waals surface area contributed by atoms with Gasteiger partial charge in [-0.3, -0.25) is 14.0 Å². The van der Waals surface area contributed by atoms with Crippen molar-refractivity contribution >= 4 is 17.0 Å². The van der Waals surface area contributed by atoms with E-state index in [-0.39, 0.29) is 5.56 Å². The molecule has 3 rings (SSSR count). The smallest absolute Gasteiger partial charge is 0.347 e. The Bertz CT molecular complexity index is 1180. The van der Waals surface area contributed by atoms with Gasteiger partial charge in [0, 0.05) is 20.0 Å². The van der Waals surface area contributed by atoms with Crippen LogP contribution in [0.4, 0.5) is 0 Å². The Morgan fingerprint density at radius 2 is 1.82 bits per heavy atom. The number of carboxylic acids is 1. The lowest BCUT2D eigenvalue weighted by molar-refractivity contribution is -0.152. The summed E-state index contributed by atoms with van der Waals surface area (Å²) in [6.07, 6.45) is 3.02. The first-order valence-electron chi connectivity index (χ1n) is 11.3. The van der Waals surface area contributed by atoms with Crippen molar-refractivity contribution < 1.29 is 19.4 Å². The van der Waals surface area contributed by atoms with Gasteiger partial charge in [-0.2, -0.15) is 5.10 Å². The van der Waals surface area contributed by atoms with Crippen LogP contribution in [0.2, 0.25) is 0 Å². The normalized spacial score (nSPS) is 11.7. The van der Waals surface area contributed by atoms with E-state index in [1.54, 1.807) is 40.6 Å². The van der Waals surface area contributed by atoms with Crippen LogP contribution in [-0.2, 0) is 31.2 Å². The Morgan fingerprint density at radius 1 is 1.15 bits per heavy atom. The molecule has 9 heteroatoms. The molecule has 9 nitrogen and oxygen atoms in total. The van der Waals surface area contributed by atoms with Crippen molar-refractivity contribution in [3.8, 4) is 11.5 Å². The SMILES string of the molecule is CCCc1nn(C)c2c(=O)n(CCCOc3ccc(OC(C)(C)C(=O)O)cc3)c(CC)nc12. The summed E-state index contributed by atoms with van der Waals surface area (Å²) >= 11 is 0. The molecule has 3 aromatic rings. The third-order valence-electron chi connectivity index (χ3n) is 5.40. The quantitative estimate of drug-likeness (QED) is 0.441. The zero-order valence-electron chi connectivity index (χ0n) is 19.9. The zero-order chi connectivity index (χ0) is 24.2. The fourth-order valence-corrected chi connectivity index (χ4v) is 3.62. The Balaban J connectivity index is 1.65. The maximum atomic E-state index is 13.2. The maximum absolute atomic E-state index is 13.2. The molecule has 0 aliphatic rings. The molecule has 0 aliphatic carbocycles. The van der Waals surface area contributed by atoms with E-state index in [2.05, 4.69) is 12.0 Å². The molecule has 0 atom stereocenters. The topological polar surface area (TPSA) is 108 Å². The van der Waals surface area contributed by atoms with E-state index >= 15 is 0 Å². The molecular formula is C24H32N4O5. The predicted molar refractivity (Wildman–Crippen MR) is 125 cm³/mol. The highest BCUT2D eigenvalue weighted by atomic mass is 16.5. The molecule has 0 aliphatic heterocycles. The molecule has 0 bridgehead atoms. The van der Waals surface area contributed by atoms with Crippen molar-refractivity contribution in [3.63, 3.8) is 0 Å². The van der Waals surface area contributed by atoms with E-state index in [1.165, 1.54) is 13.8 Å². The predicted octanol–water partition coefficient (Wildman–Crippen LogP) is 3.36. The van der Waals surface area contributed by atoms with Gasteiger partial charge in [-0.05, 0) is 51.0 Å². The van der Waals surface area contributed by atoms with Gasteiger partial charge < -0.3 is 14.6 Å². The third-order valence-corrected chi connectivity index (χ3v) is 5.40. The molecule has 0 radical (unpaired) electrons. The number of carboxylic acid groups (broad SMARTS) is 1. The number of fused-ring (bicyclic) bond motifs is 1. The van der Waals surface area contributed by atoms with Gasteiger partial charge in [0.1, 0.15) is 22.8 Å². The Labute approximate surface area is 193 Å². The highest BCUT2D eigenvalue weighted by Gasteiger charge is 2.29. The number of ether oxygens (including phenoxy) is 2. The third kappa shape index (κ3) is 5.35. The van der Waals surface area contributed by atoms with Crippen LogP contribution in [-0.4, -0.2) is 42.6 Å². The summed E-state index contributed by atoms with van der Waals surface area (Å²) in [6.45, 7) is 7.98. The molecule has 0 unspecified atom stereocenters. The van der Waals surface area contributed by atoms with Crippen molar-refractivity contribution in [1.82, 2.24) is 19.3 Å². The first kappa shape index (κ1) is 24.3. The van der Waals surface area contributed by atoms with Gasteiger partial charge in [0.25, 0.3) is 5.56 Å². The first-order valence-corrected chi connectivity index (χ1v) is 11.3. The number of hydrogen-bond donors (Lipinski definition) is 1. The van der Waals surface area contributed by atoms with Crippen LogP contribution in [0.5, 0.6) is 11.5 Å². The number of nitrogens with zero attached hydrogens (tertiary/aromatic N) is 4. The molecule has 0 amide bonds. The van der Waals surface area contributed by atoms with Crippen molar-refractivity contribution in [2.24, 2.45) is 7.05 Å². The molecule has 1 N–H and O–H groups in total. The average molecular weight is 457 g/mol. The number of aliphatic carboxylic acids is 1. The summed E-state index contributed by atoms with van der Waals surface area (Å²) in [5, 5.41) is 13.7.